The summed E-state index contributed by atoms with van der Waals surface area (Å²) in [6.45, 7) is 3.95. The summed E-state index contributed by atoms with van der Waals surface area (Å²) in [5.41, 5.74) is 10.4. The highest BCUT2D eigenvalue weighted by Gasteiger charge is 2.28. The number of benzene rings is 2. The number of aromatic nitrogens is 3. The molecular weight excluding hydrogens is 500 g/mol. The first-order valence-electron chi connectivity index (χ1n) is 12.2. The number of nitrogens with zero attached hydrogens (tertiary/aromatic N) is 3. The number of aryl methyl sites for hydroxylation is 1. The van der Waals surface area contributed by atoms with Crippen LogP contribution in [-0.4, -0.2) is 52.2 Å². The number of ether oxygens (including phenoxy) is 2. The number of aromatic amines is 1. The molecule has 39 heavy (non-hydrogen) atoms. The number of amides is 1. The summed E-state index contributed by atoms with van der Waals surface area (Å²) in [7, 11) is 3.84. The van der Waals surface area contributed by atoms with Crippen molar-refractivity contribution < 1.29 is 19.1 Å². The number of H-pyrrole nitrogens is 1. The van der Waals surface area contributed by atoms with Crippen LogP contribution >= 0.6 is 0 Å². The van der Waals surface area contributed by atoms with Crippen molar-refractivity contribution in [2.24, 2.45) is 0 Å². The molecule has 1 amide bonds. The Morgan fingerprint density at radius 2 is 2.08 bits per heavy atom. The number of anilines is 2. The molecule has 5 rings (SSSR count). The number of fused-ring (bicyclic) bond motifs is 5. The molecule has 11 heteroatoms. The fraction of sp³-hybridized carbons (Fsp3) is 0.214. The maximum atomic E-state index is 13.1. The molecule has 4 N–H and O–H groups in total. The van der Waals surface area contributed by atoms with Gasteiger partial charge >= 0.3 is 5.97 Å². The molecule has 200 valence electrons. The Balaban J connectivity index is 1.63. The standard InChI is InChI=1S/C28H28N6O5/c1-15-10-11-17(39-16(2)35)13-21(15)34-26(29)24-25(32-34)23-18-7-5-8-20(30-22(36)9-6-12-33(3)4)19(18)14-38-28(23)31-27(24)37/h5-11,13H,12,14,29H2,1-4H3,(H,30,36)(H,31,37)/b9-6+. The van der Waals surface area contributed by atoms with Crippen molar-refractivity contribution in [3.05, 3.63) is 70.0 Å². The second-order valence-corrected chi connectivity index (χ2v) is 9.50. The number of pyridine rings is 1. The van der Waals surface area contributed by atoms with E-state index in [9.17, 15) is 14.4 Å². The van der Waals surface area contributed by atoms with Gasteiger partial charge in [-0.3, -0.25) is 19.4 Å². The molecule has 0 saturated carbocycles. The third kappa shape index (κ3) is 4.87. The predicted molar refractivity (Wildman–Crippen MR) is 148 cm³/mol. The van der Waals surface area contributed by atoms with Crippen LogP contribution in [0.4, 0.5) is 11.5 Å². The average Bonchev–Trinajstić information content (AvgIpc) is 3.22. The van der Waals surface area contributed by atoms with E-state index in [1.54, 1.807) is 30.3 Å². The molecule has 0 unspecified atom stereocenters. The first kappa shape index (κ1) is 25.7. The van der Waals surface area contributed by atoms with Gasteiger partial charge in [-0.1, -0.05) is 24.3 Å². The van der Waals surface area contributed by atoms with E-state index < -0.39 is 11.5 Å². The molecule has 0 atom stereocenters. The average molecular weight is 529 g/mol. The van der Waals surface area contributed by atoms with Crippen LogP contribution in [0.2, 0.25) is 0 Å². The van der Waals surface area contributed by atoms with Gasteiger partial charge in [0.1, 0.15) is 29.1 Å². The van der Waals surface area contributed by atoms with E-state index in [1.807, 2.05) is 38.1 Å². The number of carbonyl (C=O) groups excluding carboxylic acids is 2. The van der Waals surface area contributed by atoms with Crippen molar-refractivity contribution in [2.45, 2.75) is 20.5 Å². The quantitative estimate of drug-likeness (QED) is 0.197. The number of nitrogens with one attached hydrogen (secondary N) is 2. The third-order valence-electron chi connectivity index (χ3n) is 6.31. The van der Waals surface area contributed by atoms with Crippen molar-refractivity contribution in [1.82, 2.24) is 19.7 Å². The van der Waals surface area contributed by atoms with Gasteiger partial charge in [0.15, 0.2) is 0 Å². The Hall–Kier alpha value is -4.90. The molecule has 4 aromatic rings. The molecule has 0 bridgehead atoms. The molecule has 3 heterocycles. The summed E-state index contributed by atoms with van der Waals surface area (Å²) in [4.78, 5) is 41.8. The SMILES string of the molecule is CC(=O)Oc1ccc(C)c(-n2nc3c4c([nH]c(=O)c3c2N)OCc2c(NC(=O)/C=C/CN(C)C)cccc2-4)c1. The summed E-state index contributed by atoms with van der Waals surface area (Å²) < 4.78 is 12.6. The van der Waals surface area contributed by atoms with Crippen LogP contribution < -0.4 is 26.1 Å². The maximum Gasteiger partial charge on any atom is 0.308 e. The third-order valence-corrected chi connectivity index (χ3v) is 6.31. The summed E-state index contributed by atoms with van der Waals surface area (Å²) >= 11 is 0. The molecule has 0 fully saturated rings. The van der Waals surface area contributed by atoms with Crippen LogP contribution in [0.3, 0.4) is 0 Å². The van der Waals surface area contributed by atoms with E-state index in [2.05, 4.69) is 10.3 Å². The Morgan fingerprint density at radius 3 is 2.82 bits per heavy atom. The largest absolute Gasteiger partial charge is 0.473 e. The van der Waals surface area contributed by atoms with E-state index in [0.717, 1.165) is 16.7 Å². The highest BCUT2D eigenvalue weighted by atomic mass is 16.5. The molecule has 0 radical (unpaired) electrons. The van der Waals surface area contributed by atoms with Crippen LogP contribution in [0.25, 0.3) is 27.7 Å². The van der Waals surface area contributed by atoms with Crippen molar-refractivity contribution in [2.75, 3.05) is 31.7 Å². The summed E-state index contributed by atoms with van der Waals surface area (Å²) in [5, 5.41) is 7.85. The van der Waals surface area contributed by atoms with Gasteiger partial charge in [-0.2, -0.15) is 5.10 Å². The molecule has 0 aliphatic carbocycles. The van der Waals surface area contributed by atoms with Gasteiger partial charge in [-0.05, 0) is 44.3 Å². The lowest BCUT2D eigenvalue weighted by Crippen LogP contribution is -2.17. The van der Waals surface area contributed by atoms with Crippen LogP contribution in [0, 0.1) is 6.92 Å². The molecule has 1 aliphatic rings. The molecular formula is C28H28N6O5. The van der Waals surface area contributed by atoms with E-state index in [1.165, 1.54) is 17.7 Å². The maximum absolute atomic E-state index is 13.1. The van der Waals surface area contributed by atoms with Crippen LogP contribution in [0.5, 0.6) is 11.6 Å². The first-order chi connectivity index (χ1) is 18.6. The van der Waals surface area contributed by atoms with Gasteiger partial charge in [0.05, 0.1) is 11.3 Å². The van der Waals surface area contributed by atoms with Crippen molar-refractivity contribution >= 4 is 34.3 Å². The predicted octanol–water partition coefficient (Wildman–Crippen LogP) is 3.15. The van der Waals surface area contributed by atoms with Gasteiger partial charge < -0.3 is 25.4 Å². The smallest absolute Gasteiger partial charge is 0.308 e. The lowest BCUT2D eigenvalue weighted by molar-refractivity contribution is -0.131. The van der Waals surface area contributed by atoms with Crippen LogP contribution in [0.15, 0.2) is 53.3 Å². The number of hydrogen-bond acceptors (Lipinski definition) is 8. The number of esters is 1. The highest BCUT2D eigenvalue weighted by molar-refractivity contribution is 6.04. The molecule has 2 aromatic carbocycles. The lowest BCUT2D eigenvalue weighted by Gasteiger charge is -2.22. The minimum atomic E-state index is -0.459. The fourth-order valence-electron chi connectivity index (χ4n) is 4.54. The number of hydrogen-bond donors (Lipinski definition) is 3. The molecule has 1 aliphatic heterocycles. The second-order valence-electron chi connectivity index (χ2n) is 9.50. The minimum Gasteiger partial charge on any atom is -0.473 e. The van der Waals surface area contributed by atoms with Gasteiger partial charge in [-0.25, -0.2) is 4.68 Å². The molecule has 0 saturated heterocycles. The Bertz CT molecular complexity index is 1720. The number of carbonyl (C=O) groups is 2. The first-order valence-corrected chi connectivity index (χ1v) is 12.2. The number of likely N-dealkylation sites (N-methyl/N-ethyl adjacent to an activating group) is 1. The Morgan fingerprint density at radius 1 is 1.28 bits per heavy atom. The van der Waals surface area contributed by atoms with E-state index in [-0.39, 0.29) is 29.6 Å². The molecule has 11 nitrogen and oxygen atoms in total. The normalized spacial score (nSPS) is 12.3. The topological polar surface area (TPSA) is 145 Å². The lowest BCUT2D eigenvalue weighted by atomic mass is 9.96. The van der Waals surface area contributed by atoms with Crippen LogP contribution in [0.1, 0.15) is 18.1 Å². The Kier molecular flexibility index (Phi) is 6.67. The minimum absolute atomic E-state index is 0.125. The van der Waals surface area contributed by atoms with Gasteiger partial charge in [-0.15, -0.1) is 0 Å². The van der Waals surface area contributed by atoms with Crippen molar-refractivity contribution in [3.8, 4) is 28.4 Å². The zero-order valence-corrected chi connectivity index (χ0v) is 22.0. The highest BCUT2D eigenvalue weighted by Crippen LogP contribution is 2.43. The fourth-order valence-corrected chi connectivity index (χ4v) is 4.54. The zero-order chi connectivity index (χ0) is 27.8. The van der Waals surface area contributed by atoms with E-state index >= 15 is 0 Å². The monoisotopic (exact) mass is 528 g/mol. The summed E-state index contributed by atoms with van der Waals surface area (Å²) in [6, 6.07) is 10.6. The Labute approximate surface area is 223 Å². The van der Waals surface area contributed by atoms with Crippen LogP contribution in [-0.2, 0) is 16.2 Å². The number of rotatable bonds is 6. The van der Waals surface area contributed by atoms with Gasteiger partial charge in [0, 0.05) is 36.9 Å². The summed E-state index contributed by atoms with van der Waals surface area (Å²) in [6.07, 6.45) is 3.26. The number of nitrogen functional groups attached to an aromatic ring is 1. The second kappa shape index (κ2) is 10.1. The summed E-state index contributed by atoms with van der Waals surface area (Å²) in [5.74, 6) is -0.00565. The van der Waals surface area contributed by atoms with Gasteiger partial charge in [0.25, 0.3) is 5.56 Å². The van der Waals surface area contributed by atoms with E-state index in [0.29, 0.717) is 34.7 Å². The molecule has 0 spiro atoms. The van der Waals surface area contributed by atoms with Gasteiger partial charge in [0.2, 0.25) is 11.8 Å². The zero-order valence-electron chi connectivity index (χ0n) is 22.0. The van der Waals surface area contributed by atoms with Crippen molar-refractivity contribution in [3.63, 3.8) is 0 Å². The number of nitrogens with two attached hydrogens (primary N) is 1. The van der Waals surface area contributed by atoms with E-state index in [4.69, 9.17) is 20.3 Å². The van der Waals surface area contributed by atoms with Crippen molar-refractivity contribution in [1.29, 1.82) is 0 Å². The molecule has 2 aromatic heterocycles.